The number of aromatic nitrogens is 3. The van der Waals surface area contributed by atoms with Gasteiger partial charge >= 0.3 is 0 Å². The van der Waals surface area contributed by atoms with Crippen LogP contribution in [0.2, 0.25) is 0 Å². The molecule has 0 radical (unpaired) electrons. The van der Waals surface area contributed by atoms with Gasteiger partial charge in [0, 0.05) is 17.5 Å². The maximum absolute atomic E-state index is 13.2. The average Bonchev–Trinajstić information content (AvgIpc) is 3.33. The number of pyridine rings is 1. The molecule has 5 rings (SSSR count). The number of anilines is 1. The number of aryl methyl sites for hydroxylation is 1. The van der Waals surface area contributed by atoms with E-state index in [1.807, 2.05) is 61.5 Å². The maximum atomic E-state index is 13.2. The van der Waals surface area contributed by atoms with E-state index < -0.39 is 0 Å². The van der Waals surface area contributed by atoms with E-state index in [1.54, 1.807) is 19.5 Å². The summed E-state index contributed by atoms with van der Waals surface area (Å²) in [7, 11) is 1.62. The van der Waals surface area contributed by atoms with Gasteiger partial charge in [0.15, 0.2) is 0 Å². The molecule has 0 saturated heterocycles. The molecule has 8 nitrogen and oxygen atoms in total. The molecule has 1 amide bonds. The summed E-state index contributed by atoms with van der Waals surface area (Å²) in [6.45, 7) is 2.54. The lowest BCUT2D eigenvalue weighted by Gasteiger charge is -2.25. The fourth-order valence-electron chi connectivity index (χ4n) is 4.09. The molecule has 2 aromatic heterocycles. The van der Waals surface area contributed by atoms with Crippen molar-refractivity contribution < 1.29 is 19.0 Å². The van der Waals surface area contributed by atoms with Crippen molar-refractivity contribution >= 4 is 11.6 Å². The SMILES string of the molecule is COc1ccc2c(c1)C[C@H](C(=O)Nc1ccc(-c3cn[nH]c3C)cc1OCc1ccccn1)CO2. The van der Waals surface area contributed by atoms with Gasteiger partial charge in [-0.3, -0.25) is 14.9 Å². The monoisotopic (exact) mass is 470 g/mol. The Labute approximate surface area is 203 Å². The summed E-state index contributed by atoms with van der Waals surface area (Å²) in [4.78, 5) is 17.5. The normalized spacial score (nSPS) is 14.5. The number of carbonyl (C=O) groups excluding carboxylic acids is 1. The summed E-state index contributed by atoms with van der Waals surface area (Å²) in [5.74, 6) is 1.61. The number of nitrogens with zero attached hydrogens (tertiary/aromatic N) is 2. The quantitative estimate of drug-likeness (QED) is 0.411. The minimum absolute atomic E-state index is 0.131. The second kappa shape index (κ2) is 9.89. The Hall–Kier alpha value is -4.33. The van der Waals surface area contributed by atoms with Crippen LogP contribution in [0.4, 0.5) is 5.69 Å². The molecule has 0 fully saturated rings. The van der Waals surface area contributed by atoms with Crippen molar-refractivity contribution in [2.24, 2.45) is 5.92 Å². The third-order valence-electron chi connectivity index (χ3n) is 6.03. The average molecular weight is 471 g/mol. The van der Waals surface area contributed by atoms with E-state index in [1.165, 1.54) is 0 Å². The van der Waals surface area contributed by atoms with Crippen LogP contribution in [0.25, 0.3) is 11.1 Å². The lowest BCUT2D eigenvalue weighted by Crippen LogP contribution is -2.32. The Morgan fingerprint density at radius 2 is 2.11 bits per heavy atom. The third kappa shape index (κ3) is 4.96. The number of ether oxygens (including phenoxy) is 3. The highest BCUT2D eigenvalue weighted by Crippen LogP contribution is 2.34. The number of hydrogen-bond acceptors (Lipinski definition) is 6. The molecule has 0 bridgehead atoms. The minimum Gasteiger partial charge on any atom is -0.497 e. The molecule has 0 aliphatic carbocycles. The summed E-state index contributed by atoms with van der Waals surface area (Å²) in [5, 5.41) is 10.1. The van der Waals surface area contributed by atoms with E-state index in [9.17, 15) is 4.79 Å². The Bertz CT molecular complexity index is 1340. The summed E-state index contributed by atoms with van der Waals surface area (Å²) in [6, 6.07) is 17.0. The fourth-order valence-corrected chi connectivity index (χ4v) is 4.09. The number of methoxy groups -OCH3 is 1. The lowest BCUT2D eigenvalue weighted by molar-refractivity contribution is -0.121. The molecule has 0 saturated carbocycles. The van der Waals surface area contributed by atoms with Gasteiger partial charge in [-0.25, -0.2) is 0 Å². The number of H-pyrrole nitrogens is 1. The highest BCUT2D eigenvalue weighted by molar-refractivity contribution is 5.95. The number of rotatable bonds is 7. The number of carbonyl (C=O) groups is 1. The number of benzene rings is 2. The summed E-state index contributed by atoms with van der Waals surface area (Å²) in [6.07, 6.45) is 4.06. The molecule has 8 heteroatoms. The van der Waals surface area contributed by atoms with Crippen LogP contribution in [0.3, 0.4) is 0 Å². The van der Waals surface area contributed by atoms with Crippen molar-refractivity contribution in [1.29, 1.82) is 0 Å². The molecular formula is C27H26N4O4. The summed E-state index contributed by atoms with van der Waals surface area (Å²) >= 11 is 0. The molecule has 0 spiro atoms. The van der Waals surface area contributed by atoms with E-state index in [-0.39, 0.29) is 18.4 Å². The molecule has 35 heavy (non-hydrogen) atoms. The topological polar surface area (TPSA) is 98.4 Å². The van der Waals surface area contributed by atoms with Crippen molar-refractivity contribution in [2.75, 3.05) is 19.0 Å². The van der Waals surface area contributed by atoms with Gasteiger partial charge in [-0.2, -0.15) is 5.10 Å². The molecule has 1 aliphatic rings. The third-order valence-corrected chi connectivity index (χ3v) is 6.03. The first-order valence-corrected chi connectivity index (χ1v) is 11.4. The first kappa shape index (κ1) is 22.5. The first-order valence-electron chi connectivity index (χ1n) is 11.4. The molecule has 2 aromatic carbocycles. The minimum atomic E-state index is -0.339. The van der Waals surface area contributed by atoms with Crippen LogP contribution in [0.15, 0.2) is 67.0 Å². The molecule has 4 aromatic rings. The number of amides is 1. The molecule has 1 atom stereocenters. The van der Waals surface area contributed by atoms with Gasteiger partial charge in [0.1, 0.15) is 30.5 Å². The Morgan fingerprint density at radius 3 is 2.89 bits per heavy atom. The molecule has 0 unspecified atom stereocenters. The van der Waals surface area contributed by atoms with Crippen molar-refractivity contribution in [3.05, 3.63) is 83.9 Å². The van der Waals surface area contributed by atoms with Crippen LogP contribution >= 0.6 is 0 Å². The van der Waals surface area contributed by atoms with Gasteiger partial charge < -0.3 is 19.5 Å². The van der Waals surface area contributed by atoms with Crippen LogP contribution in [-0.2, 0) is 17.8 Å². The highest BCUT2D eigenvalue weighted by Gasteiger charge is 2.27. The standard InChI is InChI=1S/C27H26N4O4/c1-17-23(14-29-31-17)18-6-8-24(26(13-18)35-16-21-5-3-4-10-28-21)30-27(32)20-11-19-12-22(33-2)7-9-25(19)34-15-20/h3-10,12-14,20H,11,15-16H2,1-2H3,(H,29,31)(H,30,32)/t20-/m0/s1. The van der Waals surface area contributed by atoms with E-state index in [0.717, 1.165) is 39.6 Å². The molecular weight excluding hydrogens is 444 g/mol. The molecule has 1 aliphatic heterocycles. The van der Waals surface area contributed by atoms with E-state index in [2.05, 4.69) is 20.5 Å². The molecule has 3 heterocycles. The Balaban J connectivity index is 1.37. The van der Waals surface area contributed by atoms with Gasteiger partial charge in [-0.05, 0) is 66.9 Å². The number of fused-ring (bicyclic) bond motifs is 1. The summed E-state index contributed by atoms with van der Waals surface area (Å²) in [5.41, 5.74) is 5.19. The predicted octanol–water partition coefficient (Wildman–Crippen LogP) is 4.56. The van der Waals surface area contributed by atoms with Crippen molar-refractivity contribution in [3.8, 4) is 28.4 Å². The van der Waals surface area contributed by atoms with Crippen LogP contribution in [0.1, 0.15) is 17.0 Å². The second-order valence-electron chi connectivity index (χ2n) is 8.40. The largest absolute Gasteiger partial charge is 0.497 e. The van der Waals surface area contributed by atoms with E-state index in [0.29, 0.717) is 24.5 Å². The van der Waals surface area contributed by atoms with Crippen molar-refractivity contribution in [2.45, 2.75) is 20.0 Å². The number of nitrogens with one attached hydrogen (secondary N) is 2. The zero-order valence-corrected chi connectivity index (χ0v) is 19.6. The fraction of sp³-hybridized carbons (Fsp3) is 0.222. The van der Waals surface area contributed by atoms with Crippen molar-refractivity contribution in [3.63, 3.8) is 0 Å². The van der Waals surface area contributed by atoms with Gasteiger partial charge in [-0.1, -0.05) is 12.1 Å². The molecule has 2 N–H and O–H groups in total. The van der Waals surface area contributed by atoms with Crippen LogP contribution in [0.5, 0.6) is 17.2 Å². The lowest BCUT2D eigenvalue weighted by atomic mass is 9.95. The van der Waals surface area contributed by atoms with E-state index in [4.69, 9.17) is 14.2 Å². The van der Waals surface area contributed by atoms with E-state index >= 15 is 0 Å². The van der Waals surface area contributed by atoms with Gasteiger partial charge in [-0.15, -0.1) is 0 Å². The zero-order valence-electron chi connectivity index (χ0n) is 19.6. The zero-order chi connectivity index (χ0) is 24.2. The number of aromatic amines is 1. The Morgan fingerprint density at radius 1 is 1.20 bits per heavy atom. The van der Waals surface area contributed by atoms with Gasteiger partial charge in [0.2, 0.25) is 5.91 Å². The smallest absolute Gasteiger partial charge is 0.231 e. The second-order valence-corrected chi connectivity index (χ2v) is 8.40. The maximum Gasteiger partial charge on any atom is 0.231 e. The predicted molar refractivity (Wildman–Crippen MR) is 132 cm³/mol. The summed E-state index contributed by atoms with van der Waals surface area (Å²) < 4.78 is 17.3. The molecule has 178 valence electrons. The van der Waals surface area contributed by atoms with Crippen LogP contribution < -0.4 is 19.5 Å². The van der Waals surface area contributed by atoms with Crippen LogP contribution in [0, 0.1) is 12.8 Å². The van der Waals surface area contributed by atoms with Gasteiger partial charge in [0.05, 0.1) is 30.6 Å². The first-order chi connectivity index (χ1) is 17.1. The van der Waals surface area contributed by atoms with Gasteiger partial charge in [0.25, 0.3) is 0 Å². The highest BCUT2D eigenvalue weighted by atomic mass is 16.5. The Kier molecular flexibility index (Phi) is 6.34. The number of hydrogen-bond donors (Lipinski definition) is 2. The van der Waals surface area contributed by atoms with Crippen molar-refractivity contribution in [1.82, 2.24) is 15.2 Å². The van der Waals surface area contributed by atoms with Crippen LogP contribution in [-0.4, -0.2) is 34.8 Å².